The molecule has 0 fully saturated rings. The Balaban J connectivity index is 2.74. The molecule has 1 rings (SSSR count). The van der Waals surface area contributed by atoms with Crippen molar-refractivity contribution in [3.05, 3.63) is 33.8 Å². The van der Waals surface area contributed by atoms with Gasteiger partial charge in [-0.05, 0) is 31.5 Å². The Morgan fingerprint density at radius 3 is 2.71 bits per heavy atom. The summed E-state index contributed by atoms with van der Waals surface area (Å²) < 4.78 is 4.67. The van der Waals surface area contributed by atoms with Crippen LogP contribution in [-0.2, 0) is 4.74 Å². The van der Waals surface area contributed by atoms with Gasteiger partial charge in [0.25, 0.3) is 0 Å². The summed E-state index contributed by atoms with van der Waals surface area (Å²) in [4.78, 5) is 11.0. The van der Waals surface area contributed by atoms with Crippen LogP contribution in [0.1, 0.15) is 19.4 Å². The molecule has 0 aliphatic carbocycles. The van der Waals surface area contributed by atoms with Crippen LogP contribution in [-0.4, -0.2) is 18.4 Å². The van der Waals surface area contributed by atoms with Crippen molar-refractivity contribution in [3.8, 4) is 0 Å². The van der Waals surface area contributed by atoms with Gasteiger partial charge in [0.15, 0.2) is 0 Å². The van der Waals surface area contributed by atoms with E-state index in [0.29, 0.717) is 22.4 Å². The van der Waals surface area contributed by atoms with Crippen molar-refractivity contribution in [1.29, 1.82) is 0 Å². The smallest absolute Gasteiger partial charge is 0.427 e. The predicted molar refractivity (Wildman–Crippen MR) is 68.8 cm³/mol. The zero-order valence-electron chi connectivity index (χ0n) is 9.46. The minimum Gasteiger partial charge on any atom is -0.449 e. The quantitative estimate of drug-likeness (QED) is 0.678. The van der Waals surface area contributed by atoms with Gasteiger partial charge in [0.05, 0.1) is 22.4 Å². The minimum atomic E-state index is -0.591. The van der Waals surface area contributed by atoms with Crippen LogP contribution in [0.4, 0.5) is 4.79 Å². The van der Waals surface area contributed by atoms with Crippen LogP contribution < -0.4 is 5.43 Å². The molecule has 17 heavy (non-hydrogen) atoms. The number of carbonyl (C=O) groups is 1. The van der Waals surface area contributed by atoms with E-state index in [1.165, 1.54) is 0 Å². The first kappa shape index (κ1) is 13.8. The second-order valence-electron chi connectivity index (χ2n) is 3.16. The number of amides is 1. The molecular weight excluding hydrogens is 263 g/mol. The summed E-state index contributed by atoms with van der Waals surface area (Å²) in [6, 6.07) is 5.11. The second kappa shape index (κ2) is 6.47. The highest BCUT2D eigenvalue weighted by molar-refractivity contribution is 6.42. The summed E-state index contributed by atoms with van der Waals surface area (Å²) in [6.45, 7) is 3.76. The summed E-state index contributed by atoms with van der Waals surface area (Å²) in [7, 11) is 0. The molecule has 4 nitrogen and oxygen atoms in total. The van der Waals surface area contributed by atoms with Gasteiger partial charge >= 0.3 is 6.09 Å². The van der Waals surface area contributed by atoms with Gasteiger partial charge in [-0.15, -0.1) is 0 Å². The number of halogens is 2. The lowest BCUT2D eigenvalue weighted by Crippen LogP contribution is -2.20. The maximum atomic E-state index is 11.0. The van der Waals surface area contributed by atoms with E-state index >= 15 is 0 Å². The van der Waals surface area contributed by atoms with Crippen molar-refractivity contribution >= 4 is 35.0 Å². The molecule has 1 amide bonds. The highest BCUT2D eigenvalue weighted by Crippen LogP contribution is 2.22. The van der Waals surface area contributed by atoms with Gasteiger partial charge in [-0.25, -0.2) is 10.2 Å². The molecule has 0 saturated heterocycles. The lowest BCUT2D eigenvalue weighted by molar-refractivity contribution is 0.152. The molecule has 0 radical (unpaired) electrons. The zero-order chi connectivity index (χ0) is 12.8. The second-order valence-corrected chi connectivity index (χ2v) is 3.97. The fraction of sp³-hybridized carbons (Fsp3) is 0.273. The number of hydrogen-bond acceptors (Lipinski definition) is 3. The van der Waals surface area contributed by atoms with Crippen LogP contribution in [0, 0.1) is 0 Å². The van der Waals surface area contributed by atoms with Gasteiger partial charge in [0.1, 0.15) is 0 Å². The number of ether oxygens (including phenoxy) is 1. The van der Waals surface area contributed by atoms with Crippen molar-refractivity contribution in [3.63, 3.8) is 0 Å². The Kier molecular flexibility index (Phi) is 5.25. The van der Waals surface area contributed by atoms with Gasteiger partial charge in [0.2, 0.25) is 0 Å². The third kappa shape index (κ3) is 4.24. The predicted octanol–water partition coefficient (Wildman–Crippen LogP) is 3.46. The van der Waals surface area contributed by atoms with E-state index in [-0.39, 0.29) is 0 Å². The normalized spacial score (nSPS) is 11.2. The van der Waals surface area contributed by atoms with E-state index in [1.54, 1.807) is 32.0 Å². The summed E-state index contributed by atoms with van der Waals surface area (Å²) in [5.41, 5.74) is 3.65. The fourth-order valence-corrected chi connectivity index (χ4v) is 1.38. The number of hydrazone groups is 1. The molecule has 1 aromatic rings. The Hall–Kier alpha value is -1.26. The zero-order valence-corrected chi connectivity index (χ0v) is 11.0. The average Bonchev–Trinajstić information content (AvgIpc) is 2.30. The molecule has 0 heterocycles. The molecule has 0 atom stereocenters. The van der Waals surface area contributed by atoms with E-state index in [2.05, 4.69) is 15.3 Å². The molecule has 0 aliphatic rings. The van der Waals surface area contributed by atoms with Crippen LogP contribution in [0.5, 0.6) is 0 Å². The number of rotatable bonds is 3. The molecule has 0 bridgehead atoms. The highest BCUT2D eigenvalue weighted by Gasteiger charge is 2.03. The maximum absolute atomic E-state index is 11.0. The van der Waals surface area contributed by atoms with Crippen LogP contribution in [0.15, 0.2) is 23.3 Å². The fourth-order valence-electron chi connectivity index (χ4n) is 1.08. The lowest BCUT2D eigenvalue weighted by atomic mass is 10.1. The van der Waals surface area contributed by atoms with Crippen LogP contribution in [0.2, 0.25) is 10.0 Å². The summed E-state index contributed by atoms with van der Waals surface area (Å²) >= 11 is 11.7. The largest absolute Gasteiger partial charge is 0.449 e. The average molecular weight is 275 g/mol. The number of nitrogens with one attached hydrogen (secondary N) is 1. The minimum absolute atomic E-state index is 0.299. The molecule has 0 aliphatic heterocycles. The molecule has 0 aromatic heterocycles. The van der Waals surface area contributed by atoms with Crippen molar-refractivity contribution in [2.75, 3.05) is 6.61 Å². The standard InChI is InChI=1S/C11H12Cl2N2O2/c1-3-17-11(16)15-14-7(2)8-4-5-9(12)10(13)6-8/h4-6H,3H2,1-2H3,(H,15,16)/b14-7-. The Bertz CT molecular complexity index is 447. The Morgan fingerprint density at radius 2 is 2.12 bits per heavy atom. The third-order valence-electron chi connectivity index (χ3n) is 1.93. The first-order valence-corrected chi connectivity index (χ1v) is 5.72. The van der Waals surface area contributed by atoms with Crippen LogP contribution in [0.25, 0.3) is 0 Å². The molecule has 92 valence electrons. The molecule has 6 heteroatoms. The molecule has 0 unspecified atom stereocenters. The lowest BCUT2D eigenvalue weighted by Gasteiger charge is -2.04. The Morgan fingerprint density at radius 1 is 1.41 bits per heavy atom. The number of nitrogens with zero attached hydrogens (tertiary/aromatic N) is 1. The maximum Gasteiger partial charge on any atom is 0.427 e. The van der Waals surface area contributed by atoms with Crippen molar-refractivity contribution in [1.82, 2.24) is 5.43 Å². The summed E-state index contributed by atoms with van der Waals surface area (Å²) in [5.74, 6) is 0. The summed E-state index contributed by atoms with van der Waals surface area (Å²) in [5, 5.41) is 4.79. The van der Waals surface area contributed by atoms with Crippen molar-refractivity contribution < 1.29 is 9.53 Å². The van der Waals surface area contributed by atoms with E-state index in [1.807, 2.05) is 0 Å². The Labute approximate surface area is 110 Å². The van der Waals surface area contributed by atoms with Gasteiger partial charge in [0, 0.05) is 0 Å². The first-order valence-electron chi connectivity index (χ1n) is 4.97. The van der Waals surface area contributed by atoms with Gasteiger partial charge < -0.3 is 4.74 Å². The molecule has 0 saturated carbocycles. The van der Waals surface area contributed by atoms with E-state index in [0.717, 1.165) is 5.56 Å². The van der Waals surface area contributed by atoms with Gasteiger partial charge in [-0.2, -0.15) is 5.10 Å². The molecular formula is C11H12Cl2N2O2. The number of hydrogen-bond donors (Lipinski definition) is 1. The molecule has 1 N–H and O–H groups in total. The number of carbonyl (C=O) groups excluding carboxylic acids is 1. The highest BCUT2D eigenvalue weighted by atomic mass is 35.5. The number of benzene rings is 1. The molecule has 0 spiro atoms. The van der Waals surface area contributed by atoms with Gasteiger partial charge in [-0.3, -0.25) is 0 Å². The van der Waals surface area contributed by atoms with E-state index in [4.69, 9.17) is 23.2 Å². The topological polar surface area (TPSA) is 50.7 Å². The molecule has 1 aromatic carbocycles. The SMILES string of the molecule is CCOC(=O)N/N=C(/C)c1ccc(Cl)c(Cl)c1. The summed E-state index contributed by atoms with van der Waals surface area (Å²) in [6.07, 6.45) is -0.591. The van der Waals surface area contributed by atoms with E-state index in [9.17, 15) is 4.79 Å². The van der Waals surface area contributed by atoms with Crippen molar-refractivity contribution in [2.24, 2.45) is 5.10 Å². The van der Waals surface area contributed by atoms with Crippen molar-refractivity contribution in [2.45, 2.75) is 13.8 Å². The van der Waals surface area contributed by atoms with Crippen LogP contribution >= 0.6 is 23.2 Å². The first-order chi connectivity index (χ1) is 8.04. The van der Waals surface area contributed by atoms with Gasteiger partial charge in [-0.1, -0.05) is 29.3 Å². The van der Waals surface area contributed by atoms with Crippen LogP contribution in [0.3, 0.4) is 0 Å². The monoisotopic (exact) mass is 274 g/mol. The third-order valence-corrected chi connectivity index (χ3v) is 2.67. The van der Waals surface area contributed by atoms with E-state index < -0.39 is 6.09 Å².